The SMILES string of the molecule is O=C(CCc1ncc(-c2ccccc2)o1)NCc1ccccc1F. The van der Waals surface area contributed by atoms with E-state index >= 15 is 0 Å². The summed E-state index contributed by atoms with van der Waals surface area (Å²) in [5, 5.41) is 2.70. The topological polar surface area (TPSA) is 55.1 Å². The first-order chi connectivity index (χ1) is 11.7. The van der Waals surface area contributed by atoms with Crippen LogP contribution in [0.1, 0.15) is 17.9 Å². The van der Waals surface area contributed by atoms with Gasteiger partial charge in [0, 0.05) is 30.5 Å². The van der Waals surface area contributed by atoms with Gasteiger partial charge in [-0.2, -0.15) is 0 Å². The fourth-order valence-corrected chi connectivity index (χ4v) is 2.31. The second kappa shape index (κ2) is 7.55. The third-order valence-electron chi connectivity index (χ3n) is 3.61. The summed E-state index contributed by atoms with van der Waals surface area (Å²) in [6.45, 7) is 0.173. The summed E-state index contributed by atoms with van der Waals surface area (Å²) in [7, 11) is 0. The largest absolute Gasteiger partial charge is 0.441 e. The first kappa shape index (κ1) is 15.9. The Morgan fingerprint density at radius 1 is 1.08 bits per heavy atom. The van der Waals surface area contributed by atoms with Crippen LogP contribution in [0.3, 0.4) is 0 Å². The minimum atomic E-state index is -0.321. The molecule has 1 amide bonds. The van der Waals surface area contributed by atoms with Gasteiger partial charge in [-0.05, 0) is 6.07 Å². The number of rotatable bonds is 6. The molecular weight excluding hydrogens is 307 g/mol. The number of aromatic nitrogens is 1. The minimum absolute atomic E-state index is 0.169. The van der Waals surface area contributed by atoms with E-state index in [2.05, 4.69) is 10.3 Å². The number of carbonyl (C=O) groups is 1. The lowest BCUT2D eigenvalue weighted by atomic mass is 10.2. The number of nitrogens with zero attached hydrogens (tertiary/aromatic N) is 1. The number of hydrogen-bond donors (Lipinski definition) is 1. The van der Waals surface area contributed by atoms with Crippen LogP contribution < -0.4 is 5.32 Å². The van der Waals surface area contributed by atoms with Gasteiger partial charge in [0.1, 0.15) is 5.82 Å². The lowest BCUT2D eigenvalue weighted by Crippen LogP contribution is -2.23. The molecule has 0 bridgehead atoms. The highest BCUT2D eigenvalue weighted by atomic mass is 19.1. The molecule has 0 aliphatic heterocycles. The van der Waals surface area contributed by atoms with Gasteiger partial charge in [-0.1, -0.05) is 48.5 Å². The van der Waals surface area contributed by atoms with Crippen LogP contribution >= 0.6 is 0 Å². The number of nitrogens with one attached hydrogen (secondary N) is 1. The molecule has 24 heavy (non-hydrogen) atoms. The van der Waals surface area contributed by atoms with Gasteiger partial charge in [-0.3, -0.25) is 4.79 Å². The van der Waals surface area contributed by atoms with Crippen LogP contribution in [0.4, 0.5) is 4.39 Å². The van der Waals surface area contributed by atoms with Crippen molar-refractivity contribution in [2.75, 3.05) is 0 Å². The third-order valence-corrected chi connectivity index (χ3v) is 3.61. The van der Waals surface area contributed by atoms with Gasteiger partial charge in [-0.25, -0.2) is 9.37 Å². The Morgan fingerprint density at radius 3 is 2.62 bits per heavy atom. The van der Waals surface area contributed by atoms with Crippen LogP contribution in [0.25, 0.3) is 11.3 Å². The molecule has 0 spiro atoms. The average molecular weight is 324 g/mol. The van der Waals surface area contributed by atoms with Crippen LogP contribution in [0.5, 0.6) is 0 Å². The summed E-state index contributed by atoms with van der Waals surface area (Å²) in [4.78, 5) is 16.1. The fraction of sp³-hybridized carbons (Fsp3) is 0.158. The van der Waals surface area contributed by atoms with Crippen molar-refractivity contribution >= 4 is 5.91 Å². The van der Waals surface area contributed by atoms with Crippen molar-refractivity contribution in [1.82, 2.24) is 10.3 Å². The number of benzene rings is 2. The molecule has 4 nitrogen and oxygen atoms in total. The first-order valence-electron chi connectivity index (χ1n) is 7.72. The van der Waals surface area contributed by atoms with E-state index in [0.29, 0.717) is 23.6 Å². The highest BCUT2D eigenvalue weighted by Gasteiger charge is 2.09. The van der Waals surface area contributed by atoms with E-state index in [9.17, 15) is 9.18 Å². The fourth-order valence-electron chi connectivity index (χ4n) is 2.31. The summed E-state index contributed by atoms with van der Waals surface area (Å²) in [5.41, 5.74) is 1.41. The van der Waals surface area contributed by atoms with E-state index in [1.54, 1.807) is 24.4 Å². The lowest BCUT2D eigenvalue weighted by Gasteiger charge is -2.05. The first-order valence-corrected chi connectivity index (χ1v) is 7.72. The lowest BCUT2D eigenvalue weighted by molar-refractivity contribution is -0.121. The van der Waals surface area contributed by atoms with E-state index in [1.165, 1.54) is 6.07 Å². The maximum Gasteiger partial charge on any atom is 0.220 e. The Bertz CT molecular complexity index is 815. The van der Waals surface area contributed by atoms with Gasteiger partial charge in [0.05, 0.1) is 6.20 Å². The van der Waals surface area contributed by atoms with Crippen LogP contribution in [0, 0.1) is 5.82 Å². The van der Waals surface area contributed by atoms with Crippen molar-refractivity contribution < 1.29 is 13.6 Å². The van der Waals surface area contributed by atoms with Crippen LogP contribution in [0.15, 0.2) is 65.2 Å². The summed E-state index contributed by atoms with van der Waals surface area (Å²) >= 11 is 0. The number of oxazole rings is 1. The van der Waals surface area contributed by atoms with E-state index in [1.807, 2.05) is 30.3 Å². The molecule has 0 saturated heterocycles. The maximum atomic E-state index is 13.5. The van der Waals surface area contributed by atoms with E-state index < -0.39 is 0 Å². The summed E-state index contributed by atoms with van der Waals surface area (Å²) in [5.74, 6) is 0.697. The molecule has 0 saturated carbocycles. The number of amides is 1. The monoisotopic (exact) mass is 324 g/mol. The molecule has 0 aliphatic rings. The second-order valence-electron chi connectivity index (χ2n) is 5.35. The molecule has 0 aliphatic carbocycles. The van der Waals surface area contributed by atoms with Gasteiger partial charge in [-0.15, -0.1) is 0 Å². The average Bonchev–Trinajstić information content (AvgIpc) is 3.09. The normalized spacial score (nSPS) is 10.5. The number of carbonyl (C=O) groups excluding carboxylic acids is 1. The molecule has 0 atom stereocenters. The predicted molar refractivity (Wildman–Crippen MR) is 88.5 cm³/mol. The molecule has 3 aromatic rings. The molecule has 0 unspecified atom stereocenters. The Morgan fingerprint density at radius 2 is 1.83 bits per heavy atom. The Hall–Kier alpha value is -2.95. The Kier molecular flexibility index (Phi) is 5.01. The molecule has 0 radical (unpaired) electrons. The molecule has 5 heteroatoms. The molecule has 1 aromatic heterocycles. The van der Waals surface area contributed by atoms with Crippen LogP contribution in [-0.4, -0.2) is 10.9 Å². The van der Waals surface area contributed by atoms with E-state index in [4.69, 9.17) is 4.42 Å². The molecule has 1 N–H and O–H groups in total. The smallest absolute Gasteiger partial charge is 0.220 e. The highest BCUT2D eigenvalue weighted by molar-refractivity contribution is 5.76. The summed E-state index contributed by atoms with van der Waals surface area (Å²) in [6, 6.07) is 16.0. The van der Waals surface area contributed by atoms with Crippen molar-refractivity contribution in [3.05, 3.63) is 78.1 Å². The third kappa shape index (κ3) is 4.07. The van der Waals surface area contributed by atoms with Gasteiger partial charge >= 0.3 is 0 Å². The molecule has 1 heterocycles. The number of halogens is 1. The zero-order valence-corrected chi connectivity index (χ0v) is 13.0. The number of hydrogen-bond acceptors (Lipinski definition) is 3. The van der Waals surface area contributed by atoms with Crippen molar-refractivity contribution in [3.8, 4) is 11.3 Å². The number of aryl methyl sites for hydroxylation is 1. The predicted octanol–water partition coefficient (Wildman–Crippen LogP) is 3.73. The van der Waals surface area contributed by atoms with Crippen LogP contribution in [-0.2, 0) is 17.8 Å². The Labute approximate surface area is 139 Å². The molecule has 3 rings (SSSR count). The molecular formula is C19H17FN2O2. The highest BCUT2D eigenvalue weighted by Crippen LogP contribution is 2.20. The van der Waals surface area contributed by atoms with Gasteiger partial charge in [0.25, 0.3) is 0 Å². The van der Waals surface area contributed by atoms with Crippen molar-refractivity contribution in [2.45, 2.75) is 19.4 Å². The summed E-state index contributed by atoms with van der Waals surface area (Å²) in [6.07, 6.45) is 2.29. The zero-order valence-electron chi connectivity index (χ0n) is 13.0. The molecule has 122 valence electrons. The Balaban J connectivity index is 1.50. The van der Waals surface area contributed by atoms with E-state index in [0.717, 1.165) is 5.56 Å². The van der Waals surface area contributed by atoms with Crippen molar-refractivity contribution in [3.63, 3.8) is 0 Å². The van der Waals surface area contributed by atoms with Crippen molar-refractivity contribution in [1.29, 1.82) is 0 Å². The van der Waals surface area contributed by atoms with Gasteiger partial charge < -0.3 is 9.73 Å². The molecule has 2 aromatic carbocycles. The standard InChI is InChI=1S/C19H17FN2O2/c20-16-9-5-4-8-15(16)12-21-18(23)10-11-19-22-13-17(24-19)14-6-2-1-3-7-14/h1-9,13H,10-12H2,(H,21,23). The van der Waals surface area contributed by atoms with Crippen molar-refractivity contribution in [2.24, 2.45) is 0 Å². The van der Waals surface area contributed by atoms with E-state index in [-0.39, 0.29) is 24.7 Å². The maximum absolute atomic E-state index is 13.5. The van der Waals surface area contributed by atoms with Gasteiger partial charge in [0.2, 0.25) is 5.91 Å². The van der Waals surface area contributed by atoms with Crippen LogP contribution in [0.2, 0.25) is 0 Å². The molecule has 0 fully saturated rings. The minimum Gasteiger partial charge on any atom is -0.441 e. The van der Waals surface area contributed by atoms with Gasteiger partial charge in [0.15, 0.2) is 11.7 Å². The summed E-state index contributed by atoms with van der Waals surface area (Å²) < 4.78 is 19.1. The zero-order chi connectivity index (χ0) is 16.8. The second-order valence-corrected chi connectivity index (χ2v) is 5.35. The quantitative estimate of drug-likeness (QED) is 0.751.